The maximum atomic E-state index is 12.5. The Labute approximate surface area is 157 Å². The second kappa shape index (κ2) is 10.0. The number of ether oxygens (including phenoxy) is 1. The molecule has 2 rings (SSSR count). The first-order chi connectivity index (χ1) is 12.9. The predicted molar refractivity (Wildman–Crippen MR) is 92.3 cm³/mol. The van der Waals surface area contributed by atoms with E-state index in [4.69, 9.17) is 19.6 Å². The van der Waals surface area contributed by atoms with Crippen LogP contribution in [0.5, 0.6) is 0 Å². The van der Waals surface area contributed by atoms with E-state index >= 15 is 0 Å². The third kappa shape index (κ3) is 6.64. The van der Waals surface area contributed by atoms with Crippen LogP contribution in [-0.2, 0) is 28.6 Å². The molecule has 0 unspecified atom stereocenters. The first-order valence-electron chi connectivity index (χ1n) is 7.76. The van der Waals surface area contributed by atoms with E-state index in [2.05, 4.69) is 15.3 Å². The Morgan fingerprint density at radius 2 is 2.11 bits per heavy atom. The molecule has 1 fully saturated rings. The molecule has 1 aliphatic heterocycles. The van der Waals surface area contributed by atoms with Crippen molar-refractivity contribution in [3.05, 3.63) is 22.4 Å². The van der Waals surface area contributed by atoms with E-state index in [1.165, 1.54) is 11.3 Å². The Bertz CT molecular complexity index is 697. The zero-order chi connectivity index (χ0) is 19.8. The number of thiophene rings is 1. The minimum absolute atomic E-state index is 0.0523. The van der Waals surface area contributed by atoms with Gasteiger partial charge in [-0.25, -0.2) is 4.79 Å². The third-order valence-electron chi connectivity index (χ3n) is 3.31. The van der Waals surface area contributed by atoms with Gasteiger partial charge < -0.3 is 34.8 Å². The summed E-state index contributed by atoms with van der Waals surface area (Å²) in [6.45, 7) is -0.892. The summed E-state index contributed by atoms with van der Waals surface area (Å²) in [5.74, 6) is -4.09. The van der Waals surface area contributed by atoms with Gasteiger partial charge in [0.15, 0.2) is 5.71 Å². The number of carboxylic acid groups (broad SMARTS) is 2. The number of carbonyl (C=O) groups is 3. The molecule has 0 aromatic carbocycles. The number of hydrogen-bond donors (Lipinski definition) is 4. The van der Waals surface area contributed by atoms with Crippen LogP contribution in [0.15, 0.2) is 22.7 Å². The first kappa shape index (κ1) is 20.8. The minimum atomic E-state index is -1.50. The summed E-state index contributed by atoms with van der Waals surface area (Å²) in [6.07, 6.45) is -1.22. The molecule has 1 aromatic rings. The number of oxime groups is 1. The summed E-state index contributed by atoms with van der Waals surface area (Å²) in [7, 11) is -1.50. The van der Waals surface area contributed by atoms with Gasteiger partial charge >= 0.3 is 19.1 Å². The van der Waals surface area contributed by atoms with Gasteiger partial charge in [0.25, 0.3) is 5.91 Å². The number of hydrogen-bond acceptors (Lipinski definition) is 9. The van der Waals surface area contributed by atoms with Gasteiger partial charge in [0, 0.05) is 0 Å². The summed E-state index contributed by atoms with van der Waals surface area (Å²) < 4.78 is 10.5. The molecule has 11 nitrogen and oxygen atoms in total. The molecular formula is C14H17BN2O9S. The Hall–Kier alpha value is -2.48. The molecule has 0 spiro atoms. The maximum absolute atomic E-state index is 12.5. The molecular weight excluding hydrogens is 383 g/mol. The highest BCUT2D eigenvalue weighted by atomic mass is 32.1. The molecule has 0 saturated carbocycles. The van der Waals surface area contributed by atoms with Crippen LogP contribution in [0.4, 0.5) is 0 Å². The van der Waals surface area contributed by atoms with Crippen molar-refractivity contribution in [1.29, 1.82) is 0 Å². The van der Waals surface area contributed by atoms with Gasteiger partial charge in [-0.15, -0.1) is 11.3 Å². The third-order valence-corrected chi connectivity index (χ3v) is 4.19. The Morgan fingerprint density at radius 1 is 1.33 bits per heavy atom. The van der Waals surface area contributed by atoms with Crippen molar-refractivity contribution in [2.45, 2.75) is 18.5 Å². The molecule has 2 heterocycles. The molecule has 27 heavy (non-hydrogen) atoms. The number of amides is 1. The van der Waals surface area contributed by atoms with Crippen molar-refractivity contribution in [2.24, 2.45) is 5.16 Å². The number of rotatable bonds is 8. The maximum Gasteiger partial charge on any atom is 0.480 e. The smallest absolute Gasteiger partial charge is 0.480 e. The van der Waals surface area contributed by atoms with Crippen molar-refractivity contribution < 1.29 is 43.8 Å². The van der Waals surface area contributed by atoms with E-state index in [-0.39, 0.29) is 25.3 Å². The van der Waals surface area contributed by atoms with Gasteiger partial charge in [-0.1, -0.05) is 11.2 Å². The van der Waals surface area contributed by atoms with Crippen LogP contribution in [0.1, 0.15) is 11.3 Å². The van der Waals surface area contributed by atoms with Crippen molar-refractivity contribution in [3.63, 3.8) is 0 Å². The minimum Gasteiger partial charge on any atom is -0.481 e. The molecule has 2 atom stereocenters. The van der Waals surface area contributed by atoms with Crippen LogP contribution in [0.25, 0.3) is 0 Å². The lowest BCUT2D eigenvalue weighted by Gasteiger charge is -2.19. The fourth-order valence-corrected chi connectivity index (χ4v) is 2.86. The molecule has 0 radical (unpaired) electrons. The Kier molecular flexibility index (Phi) is 7.73. The number of carboxylic acids is 2. The van der Waals surface area contributed by atoms with Crippen molar-refractivity contribution in [1.82, 2.24) is 5.32 Å². The van der Waals surface area contributed by atoms with Crippen molar-refractivity contribution >= 4 is 42.0 Å². The molecule has 13 heteroatoms. The van der Waals surface area contributed by atoms with Crippen molar-refractivity contribution in [3.8, 4) is 0 Å². The van der Waals surface area contributed by atoms with Gasteiger partial charge in [-0.05, 0) is 11.4 Å². The highest BCUT2D eigenvalue weighted by molar-refractivity contribution is 7.13. The fraction of sp³-hybridized carbons (Fsp3) is 0.429. The number of nitrogens with zero attached hydrogens (tertiary/aromatic N) is 1. The van der Waals surface area contributed by atoms with E-state index in [9.17, 15) is 19.4 Å². The molecule has 1 saturated heterocycles. The zero-order valence-electron chi connectivity index (χ0n) is 13.9. The lowest BCUT2D eigenvalue weighted by atomic mass is 9.79. The predicted octanol–water partition coefficient (Wildman–Crippen LogP) is -1.05. The van der Waals surface area contributed by atoms with Crippen LogP contribution in [0.3, 0.4) is 0 Å². The Morgan fingerprint density at radius 3 is 2.74 bits per heavy atom. The van der Waals surface area contributed by atoms with E-state index in [0.29, 0.717) is 4.88 Å². The summed E-state index contributed by atoms with van der Waals surface area (Å²) in [6, 6.07) is 3.26. The van der Waals surface area contributed by atoms with Crippen molar-refractivity contribution in [2.75, 3.05) is 19.8 Å². The van der Waals surface area contributed by atoms with E-state index in [1.807, 2.05) is 0 Å². The lowest BCUT2D eigenvalue weighted by Crippen LogP contribution is -2.52. The molecule has 0 aliphatic carbocycles. The lowest BCUT2D eigenvalue weighted by molar-refractivity contribution is -0.142. The van der Waals surface area contributed by atoms with E-state index < -0.39 is 43.6 Å². The van der Waals surface area contributed by atoms with Crippen LogP contribution in [0.2, 0.25) is 0 Å². The van der Waals surface area contributed by atoms with Crippen LogP contribution >= 0.6 is 11.3 Å². The SMILES string of the molecule is O=C(O)CO/N=C(/C(=O)N[C@H]1COC[C@H](CC(=O)O)OB1O)c1cccs1. The molecule has 1 aliphatic rings. The van der Waals surface area contributed by atoms with Gasteiger partial charge in [0.1, 0.15) is 0 Å². The van der Waals surface area contributed by atoms with Gasteiger partial charge in [0.05, 0.1) is 36.6 Å². The average molecular weight is 400 g/mol. The quantitative estimate of drug-likeness (QED) is 0.242. The number of nitrogens with one attached hydrogen (secondary N) is 1. The normalized spacial score (nSPS) is 20.6. The van der Waals surface area contributed by atoms with Gasteiger partial charge in [-0.2, -0.15) is 0 Å². The van der Waals surface area contributed by atoms with Crippen LogP contribution in [0, 0.1) is 0 Å². The molecule has 146 valence electrons. The average Bonchev–Trinajstić information content (AvgIpc) is 3.05. The standard InChI is InChI=1S/C14H17BN2O9S/c18-11(19)4-8-5-24-6-10(15(23)26-8)16-14(22)13(9-2-1-3-27-9)17-25-7-12(20)21/h1-3,8,10,23H,4-7H2,(H,16,22)(H,18,19)(H,20,21)/b17-13+/t8-,10-/m0/s1. The van der Waals surface area contributed by atoms with Gasteiger partial charge in [0.2, 0.25) is 6.61 Å². The summed E-state index contributed by atoms with van der Waals surface area (Å²) >= 11 is 1.18. The summed E-state index contributed by atoms with van der Waals surface area (Å²) in [5.41, 5.74) is -0.176. The zero-order valence-corrected chi connectivity index (χ0v) is 14.8. The molecule has 1 amide bonds. The number of aliphatic carboxylic acids is 2. The monoisotopic (exact) mass is 400 g/mol. The Balaban J connectivity index is 2.05. The van der Waals surface area contributed by atoms with Crippen LogP contribution in [-0.4, -0.2) is 77.8 Å². The second-order valence-electron chi connectivity index (χ2n) is 5.45. The molecule has 0 bridgehead atoms. The van der Waals surface area contributed by atoms with Gasteiger partial charge in [-0.3, -0.25) is 9.59 Å². The van der Waals surface area contributed by atoms with E-state index in [1.54, 1.807) is 17.5 Å². The molecule has 1 aromatic heterocycles. The van der Waals surface area contributed by atoms with E-state index in [0.717, 1.165) is 0 Å². The largest absolute Gasteiger partial charge is 0.481 e. The summed E-state index contributed by atoms with van der Waals surface area (Å²) in [4.78, 5) is 38.9. The highest BCUT2D eigenvalue weighted by Crippen LogP contribution is 2.13. The van der Waals surface area contributed by atoms with Crippen LogP contribution < -0.4 is 5.32 Å². The summed E-state index contributed by atoms with van der Waals surface area (Å²) in [5, 5.41) is 35.2. The highest BCUT2D eigenvalue weighted by Gasteiger charge is 2.36. The second-order valence-corrected chi connectivity index (χ2v) is 6.40. The topological polar surface area (TPSA) is 164 Å². The molecule has 4 N–H and O–H groups in total. The first-order valence-corrected chi connectivity index (χ1v) is 8.64. The fourth-order valence-electron chi connectivity index (χ4n) is 2.16. The number of carbonyl (C=O) groups excluding carboxylic acids is 1.